The van der Waals surface area contributed by atoms with Crippen LogP contribution < -0.4 is 5.32 Å². The molecular formula is C18H29N. The summed E-state index contributed by atoms with van der Waals surface area (Å²) in [6.07, 6.45) is 5.65. The molecule has 0 radical (unpaired) electrons. The predicted molar refractivity (Wildman–Crippen MR) is 83.6 cm³/mol. The van der Waals surface area contributed by atoms with Gasteiger partial charge in [0.05, 0.1) is 0 Å². The Kier molecular flexibility index (Phi) is 4.67. The Hall–Kier alpha value is -0.820. The van der Waals surface area contributed by atoms with Gasteiger partial charge in [-0.2, -0.15) is 0 Å². The Labute approximate surface area is 118 Å². The van der Waals surface area contributed by atoms with Crippen molar-refractivity contribution >= 4 is 0 Å². The van der Waals surface area contributed by atoms with Crippen LogP contribution in [0.3, 0.4) is 0 Å². The van der Waals surface area contributed by atoms with E-state index in [1.165, 1.54) is 36.8 Å². The zero-order chi connectivity index (χ0) is 13.9. The number of nitrogens with one attached hydrogen (secondary N) is 1. The normalized spacial score (nSPS) is 18.7. The van der Waals surface area contributed by atoms with Crippen LogP contribution in [0.15, 0.2) is 24.3 Å². The van der Waals surface area contributed by atoms with Crippen LogP contribution in [-0.2, 0) is 0 Å². The van der Waals surface area contributed by atoms with Gasteiger partial charge in [-0.05, 0) is 57.9 Å². The quantitative estimate of drug-likeness (QED) is 0.829. The van der Waals surface area contributed by atoms with Crippen molar-refractivity contribution in [1.82, 2.24) is 5.32 Å². The first-order valence-electron chi connectivity index (χ1n) is 7.77. The largest absolute Gasteiger partial charge is 0.311 e. The molecule has 0 aromatic heterocycles. The highest BCUT2D eigenvalue weighted by atomic mass is 14.9. The van der Waals surface area contributed by atoms with E-state index < -0.39 is 0 Å². The second kappa shape index (κ2) is 6.09. The summed E-state index contributed by atoms with van der Waals surface area (Å²) in [6, 6.07) is 9.19. The fourth-order valence-electron chi connectivity index (χ4n) is 3.15. The van der Waals surface area contributed by atoms with E-state index in [4.69, 9.17) is 0 Å². The van der Waals surface area contributed by atoms with Crippen LogP contribution in [0.4, 0.5) is 0 Å². The van der Waals surface area contributed by atoms with E-state index in [1.807, 2.05) is 0 Å². The zero-order valence-corrected chi connectivity index (χ0v) is 13.0. The van der Waals surface area contributed by atoms with Crippen LogP contribution in [0, 0.1) is 12.8 Å². The minimum atomic E-state index is 0.210. The fraction of sp³-hybridized carbons (Fsp3) is 0.667. The smallest absolute Gasteiger partial charge is 0.00967 e. The Morgan fingerprint density at radius 2 is 1.68 bits per heavy atom. The topological polar surface area (TPSA) is 12.0 Å². The molecule has 1 fully saturated rings. The van der Waals surface area contributed by atoms with Gasteiger partial charge in [0.2, 0.25) is 0 Å². The van der Waals surface area contributed by atoms with Crippen LogP contribution in [-0.4, -0.2) is 12.1 Å². The summed E-state index contributed by atoms with van der Waals surface area (Å²) in [5.74, 6) is 1.56. The average molecular weight is 259 g/mol. The van der Waals surface area contributed by atoms with Crippen molar-refractivity contribution in [2.75, 3.05) is 6.54 Å². The minimum Gasteiger partial charge on any atom is -0.311 e. The molecule has 0 amide bonds. The molecule has 0 saturated heterocycles. The third-order valence-corrected chi connectivity index (χ3v) is 4.33. The summed E-state index contributed by atoms with van der Waals surface area (Å²) >= 11 is 0. The van der Waals surface area contributed by atoms with E-state index >= 15 is 0 Å². The van der Waals surface area contributed by atoms with Crippen molar-refractivity contribution in [2.24, 2.45) is 5.92 Å². The molecule has 1 atom stereocenters. The van der Waals surface area contributed by atoms with Gasteiger partial charge < -0.3 is 5.32 Å². The maximum Gasteiger partial charge on any atom is 0.00967 e. The van der Waals surface area contributed by atoms with Gasteiger partial charge >= 0.3 is 0 Å². The van der Waals surface area contributed by atoms with Crippen molar-refractivity contribution in [3.8, 4) is 0 Å². The van der Waals surface area contributed by atoms with Gasteiger partial charge in [-0.3, -0.25) is 0 Å². The van der Waals surface area contributed by atoms with Crippen LogP contribution in [0.5, 0.6) is 0 Å². The number of benzene rings is 1. The summed E-state index contributed by atoms with van der Waals surface area (Å²) in [7, 11) is 0. The molecule has 1 nitrogen and oxygen atoms in total. The van der Waals surface area contributed by atoms with E-state index in [2.05, 4.69) is 57.3 Å². The molecule has 0 bridgehead atoms. The summed E-state index contributed by atoms with van der Waals surface area (Å²) in [5, 5.41) is 3.71. The van der Waals surface area contributed by atoms with Gasteiger partial charge in [0.1, 0.15) is 0 Å². The first-order valence-corrected chi connectivity index (χ1v) is 7.77. The van der Waals surface area contributed by atoms with E-state index in [9.17, 15) is 0 Å². The molecule has 1 aromatic rings. The Balaban J connectivity index is 2.11. The fourth-order valence-corrected chi connectivity index (χ4v) is 3.15. The van der Waals surface area contributed by atoms with Crippen LogP contribution >= 0.6 is 0 Å². The minimum absolute atomic E-state index is 0.210. The van der Waals surface area contributed by atoms with E-state index in [1.54, 1.807) is 0 Å². The van der Waals surface area contributed by atoms with Crippen molar-refractivity contribution < 1.29 is 0 Å². The summed E-state index contributed by atoms with van der Waals surface area (Å²) < 4.78 is 0. The lowest BCUT2D eigenvalue weighted by molar-refractivity contribution is 0.351. The molecule has 106 valence electrons. The first-order chi connectivity index (χ1) is 8.96. The second-order valence-electron chi connectivity index (χ2n) is 7.19. The molecule has 19 heavy (non-hydrogen) atoms. The number of rotatable bonds is 4. The molecule has 0 heterocycles. The van der Waals surface area contributed by atoms with E-state index in [0.29, 0.717) is 5.92 Å². The highest BCUT2D eigenvalue weighted by molar-refractivity contribution is 5.25. The summed E-state index contributed by atoms with van der Waals surface area (Å²) in [4.78, 5) is 0. The predicted octanol–water partition coefficient (Wildman–Crippen LogP) is 4.66. The lowest BCUT2D eigenvalue weighted by Crippen LogP contribution is -2.39. The lowest BCUT2D eigenvalue weighted by Gasteiger charge is -2.29. The van der Waals surface area contributed by atoms with Crippen LogP contribution in [0.2, 0.25) is 0 Å². The lowest BCUT2D eigenvalue weighted by atomic mass is 9.84. The molecule has 1 saturated carbocycles. The number of aryl methyl sites for hydroxylation is 1. The zero-order valence-electron chi connectivity index (χ0n) is 13.0. The van der Waals surface area contributed by atoms with Gasteiger partial charge in [0.15, 0.2) is 0 Å². The summed E-state index contributed by atoms with van der Waals surface area (Å²) in [5.41, 5.74) is 3.09. The number of hydrogen-bond donors (Lipinski definition) is 1. The third kappa shape index (κ3) is 4.35. The van der Waals surface area contributed by atoms with E-state index in [0.717, 1.165) is 12.5 Å². The molecule has 0 aliphatic heterocycles. The monoisotopic (exact) mass is 259 g/mol. The highest BCUT2D eigenvalue weighted by Crippen LogP contribution is 2.37. The van der Waals surface area contributed by atoms with Gasteiger partial charge in [0.25, 0.3) is 0 Å². The number of hydrogen-bond acceptors (Lipinski definition) is 1. The molecular weight excluding hydrogens is 230 g/mol. The maximum atomic E-state index is 3.71. The first kappa shape index (κ1) is 14.6. The van der Waals surface area contributed by atoms with Gasteiger partial charge in [-0.1, -0.05) is 42.7 Å². The Bertz CT molecular complexity index is 379. The molecule has 1 aliphatic carbocycles. The Morgan fingerprint density at radius 3 is 2.21 bits per heavy atom. The summed E-state index contributed by atoms with van der Waals surface area (Å²) in [6.45, 7) is 10.1. The Morgan fingerprint density at radius 1 is 1.11 bits per heavy atom. The molecule has 1 unspecified atom stereocenters. The van der Waals surface area contributed by atoms with Crippen molar-refractivity contribution in [3.63, 3.8) is 0 Å². The standard InChI is InChI=1S/C18H29N/c1-14-9-11-16(12-10-14)17(13-19-18(2,3)4)15-7-5-6-8-15/h9-12,15,17,19H,5-8,13H2,1-4H3. The van der Waals surface area contributed by atoms with Gasteiger partial charge in [-0.15, -0.1) is 0 Å². The molecule has 1 aliphatic rings. The average Bonchev–Trinajstić information content (AvgIpc) is 2.84. The molecule has 1 aromatic carbocycles. The SMILES string of the molecule is Cc1ccc(C(CNC(C)(C)C)C2CCCC2)cc1. The van der Waals surface area contributed by atoms with Crippen molar-refractivity contribution in [1.29, 1.82) is 0 Å². The molecule has 0 spiro atoms. The van der Waals surface area contributed by atoms with Crippen molar-refractivity contribution in [2.45, 2.75) is 64.8 Å². The van der Waals surface area contributed by atoms with Gasteiger partial charge in [0, 0.05) is 12.1 Å². The highest BCUT2D eigenvalue weighted by Gasteiger charge is 2.27. The third-order valence-electron chi connectivity index (χ3n) is 4.33. The second-order valence-corrected chi connectivity index (χ2v) is 7.19. The maximum absolute atomic E-state index is 3.71. The molecule has 1 N–H and O–H groups in total. The van der Waals surface area contributed by atoms with E-state index in [-0.39, 0.29) is 5.54 Å². The molecule has 1 heteroatoms. The molecule has 2 rings (SSSR count). The van der Waals surface area contributed by atoms with Crippen molar-refractivity contribution in [3.05, 3.63) is 35.4 Å². The van der Waals surface area contributed by atoms with Gasteiger partial charge in [-0.25, -0.2) is 0 Å². The van der Waals surface area contributed by atoms with Crippen LogP contribution in [0.25, 0.3) is 0 Å². The van der Waals surface area contributed by atoms with Crippen LogP contribution in [0.1, 0.15) is 63.5 Å².